The van der Waals surface area contributed by atoms with Crippen LogP contribution in [0.15, 0.2) is 58.1 Å². The number of pyridine rings is 2. The van der Waals surface area contributed by atoms with E-state index in [-0.39, 0.29) is 0 Å². The zero-order valence-corrected chi connectivity index (χ0v) is 28.1. The van der Waals surface area contributed by atoms with Crippen LogP contribution in [-0.2, 0) is 12.8 Å². The number of carboxylic acid groups (broad SMARTS) is 2. The van der Waals surface area contributed by atoms with Gasteiger partial charge >= 0.3 is 11.9 Å². The van der Waals surface area contributed by atoms with Crippen LogP contribution in [0.4, 0.5) is 5.69 Å². The van der Waals surface area contributed by atoms with Crippen molar-refractivity contribution < 1.29 is 30.0 Å². The third-order valence-electron chi connectivity index (χ3n) is 6.66. The summed E-state index contributed by atoms with van der Waals surface area (Å²) in [6.45, 7) is 4.46. The summed E-state index contributed by atoms with van der Waals surface area (Å²) in [5, 5.41) is 41.6. The van der Waals surface area contributed by atoms with E-state index in [0.717, 1.165) is 37.8 Å². The molecular formula is C31H31I2N3O8. The van der Waals surface area contributed by atoms with Gasteiger partial charge in [-0.1, -0.05) is 60.7 Å². The van der Waals surface area contributed by atoms with Gasteiger partial charge in [-0.15, -0.1) is 0 Å². The number of aromatic nitrogens is 2. The molecule has 0 aliphatic carbocycles. The topological polar surface area (TPSA) is 193 Å². The quantitative estimate of drug-likeness (QED) is 0.0583. The lowest BCUT2D eigenvalue weighted by Gasteiger charge is -2.13. The number of aromatic carboxylic acids is 2. The van der Waals surface area contributed by atoms with Crippen LogP contribution in [0.1, 0.15) is 52.1 Å². The van der Waals surface area contributed by atoms with E-state index >= 15 is 0 Å². The predicted octanol–water partition coefficient (Wildman–Crippen LogP) is 5.86. The molecule has 2 aromatic carbocycles. The van der Waals surface area contributed by atoms with Crippen LogP contribution in [0.2, 0.25) is 0 Å². The smallest absolute Gasteiger partial charge is 0.345 e. The molecule has 4 aromatic rings. The summed E-state index contributed by atoms with van der Waals surface area (Å²) in [7, 11) is 0. The first-order valence-electron chi connectivity index (χ1n) is 13.5. The molecule has 0 aliphatic rings. The summed E-state index contributed by atoms with van der Waals surface area (Å²) in [4.78, 5) is 51.1. The van der Waals surface area contributed by atoms with Gasteiger partial charge in [-0.3, -0.25) is 9.59 Å². The maximum Gasteiger partial charge on any atom is 0.345 e. The Hall–Kier alpha value is -3.86. The van der Waals surface area contributed by atoms with E-state index in [1.807, 2.05) is 48.5 Å². The van der Waals surface area contributed by atoms with Crippen molar-refractivity contribution in [1.82, 2.24) is 9.97 Å². The SMILES string of the molecule is CCc1c(-c2ccc(I)cc2)[nH]c(=O)c(C(=O)O)c1O.CCc1c(-c2ccc(NCCCI)cc2)[nH]c(=O)c(C(=O)O)c1O. The van der Waals surface area contributed by atoms with E-state index in [9.17, 15) is 29.4 Å². The van der Waals surface area contributed by atoms with E-state index in [2.05, 4.69) is 60.5 Å². The second-order valence-electron chi connectivity index (χ2n) is 9.43. The molecule has 232 valence electrons. The van der Waals surface area contributed by atoms with E-state index in [4.69, 9.17) is 10.2 Å². The number of anilines is 1. The van der Waals surface area contributed by atoms with Crippen LogP contribution >= 0.6 is 45.2 Å². The summed E-state index contributed by atoms with van der Waals surface area (Å²) in [6.07, 6.45) is 1.87. The predicted molar refractivity (Wildman–Crippen MR) is 186 cm³/mol. The number of carbonyl (C=O) groups is 2. The Balaban J connectivity index is 0.000000244. The average Bonchev–Trinajstić information content (AvgIpc) is 2.97. The fourth-order valence-corrected chi connectivity index (χ4v) is 5.25. The molecule has 0 saturated heterocycles. The summed E-state index contributed by atoms with van der Waals surface area (Å²) in [6, 6.07) is 14.8. The van der Waals surface area contributed by atoms with E-state index in [0.29, 0.717) is 35.4 Å². The second kappa shape index (κ2) is 15.7. The molecule has 0 bridgehead atoms. The van der Waals surface area contributed by atoms with Crippen LogP contribution in [0.3, 0.4) is 0 Å². The van der Waals surface area contributed by atoms with Gasteiger partial charge in [0.15, 0.2) is 11.1 Å². The molecule has 13 heteroatoms. The van der Waals surface area contributed by atoms with Crippen LogP contribution in [-0.4, -0.2) is 53.3 Å². The molecule has 0 atom stereocenters. The van der Waals surface area contributed by atoms with Gasteiger partial charge < -0.3 is 35.7 Å². The molecule has 4 rings (SSSR count). The number of aromatic hydroxyl groups is 2. The number of benzene rings is 2. The lowest BCUT2D eigenvalue weighted by molar-refractivity contribution is 0.0680. The maximum absolute atomic E-state index is 12.0. The third-order valence-corrected chi connectivity index (χ3v) is 8.14. The molecule has 44 heavy (non-hydrogen) atoms. The molecule has 0 saturated carbocycles. The first-order chi connectivity index (χ1) is 20.9. The zero-order valence-electron chi connectivity index (χ0n) is 23.8. The van der Waals surface area contributed by atoms with E-state index < -0.39 is 45.7 Å². The number of halogens is 2. The fourth-order valence-electron chi connectivity index (χ4n) is 4.51. The van der Waals surface area contributed by atoms with E-state index in [1.165, 1.54) is 0 Å². The Kier molecular flexibility index (Phi) is 12.4. The number of alkyl halides is 1. The highest BCUT2D eigenvalue weighted by molar-refractivity contribution is 14.1. The van der Waals surface area contributed by atoms with Crippen LogP contribution in [0, 0.1) is 3.57 Å². The van der Waals surface area contributed by atoms with Crippen LogP contribution in [0.5, 0.6) is 11.5 Å². The van der Waals surface area contributed by atoms with Crippen molar-refractivity contribution in [3.63, 3.8) is 0 Å². The van der Waals surface area contributed by atoms with Gasteiger partial charge in [-0.05, 0) is 77.2 Å². The van der Waals surface area contributed by atoms with Gasteiger partial charge in [-0.25, -0.2) is 9.59 Å². The molecule has 0 fully saturated rings. The van der Waals surface area contributed by atoms with Crippen molar-refractivity contribution >= 4 is 62.8 Å². The third kappa shape index (κ3) is 7.99. The normalized spacial score (nSPS) is 10.5. The molecule has 0 aliphatic heterocycles. The maximum atomic E-state index is 12.0. The highest BCUT2D eigenvalue weighted by Gasteiger charge is 2.23. The molecule has 11 nitrogen and oxygen atoms in total. The zero-order chi connectivity index (χ0) is 32.6. The van der Waals surface area contributed by atoms with Crippen LogP contribution in [0.25, 0.3) is 22.5 Å². The van der Waals surface area contributed by atoms with Crippen LogP contribution < -0.4 is 16.4 Å². The van der Waals surface area contributed by atoms with Crippen molar-refractivity contribution in [3.05, 3.63) is 95.1 Å². The number of nitrogens with one attached hydrogen (secondary N) is 3. The first kappa shape index (κ1) is 34.6. The number of rotatable bonds is 10. The minimum atomic E-state index is -1.44. The fraction of sp³-hybridized carbons (Fsp3) is 0.226. The monoisotopic (exact) mass is 827 g/mol. The molecule has 0 radical (unpaired) electrons. The van der Waals surface area contributed by atoms with Gasteiger partial charge in [0, 0.05) is 31.4 Å². The minimum absolute atomic E-state index is 0.397. The Labute approximate surface area is 279 Å². The average molecular weight is 827 g/mol. The molecule has 2 heterocycles. The number of H-pyrrole nitrogens is 2. The van der Waals surface area contributed by atoms with E-state index in [1.54, 1.807) is 13.8 Å². The second-order valence-corrected chi connectivity index (χ2v) is 11.8. The Bertz CT molecular complexity index is 1770. The molecule has 7 N–H and O–H groups in total. The summed E-state index contributed by atoms with van der Waals surface area (Å²) >= 11 is 4.49. The van der Waals surface area contributed by atoms with Crippen molar-refractivity contribution in [2.24, 2.45) is 0 Å². The van der Waals surface area contributed by atoms with Gasteiger partial charge in [0.25, 0.3) is 11.1 Å². The molecule has 0 amide bonds. The highest BCUT2D eigenvalue weighted by Crippen LogP contribution is 2.31. The summed E-state index contributed by atoms with van der Waals surface area (Å²) < 4.78 is 2.12. The Morgan fingerprint density at radius 1 is 0.750 bits per heavy atom. The molecule has 0 spiro atoms. The lowest BCUT2D eigenvalue weighted by Crippen LogP contribution is -2.20. The lowest BCUT2D eigenvalue weighted by atomic mass is 10.0. The Morgan fingerprint density at radius 3 is 1.52 bits per heavy atom. The molecular weight excluding hydrogens is 796 g/mol. The standard InChI is InChI=1S/C17H19IN2O4.C14H12INO4/c1-2-12-14(20-16(22)13(15(12)21)17(23)24)10-4-6-11(7-5-10)19-9-3-8-18;1-2-9-11(7-3-5-8(15)6-4-7)16-13(18)10(12(9)17)14(19)20/h4-7,19H,2-3,8-9H2,1H3,(H,23,24)(H2,20,21,22);3-6H,2H2,1H3,(H,19,20)(H2,16,17,18). The summed E-state index contributed by atoms with van der Waals surface area (Å²) in [5.74, 6) is -3.80. The largest absolute Gasteiger partial charge is 0.506 e. The highest BCUT2D eigenvalue weighted by atomic mass is 127. The number of hydrogen-bond acceptors (Lipinski definition) is 7. The van der Waals surface area contributed by atoms with Gasteiger partial charge in [0.1, 0.15) is 11.5 Å². The van der Waals surface area contributed by atoms with Crippen molar-refractivity contribution in [3.8, 4) is 34.0 Å². The van der Waals surface area contributed by atoms with Crippen molar-refractivity contribution in [2.75, 3.05) is 16.3 Å². The van der Waals surface area contributed by atoms with Crippen molar-refractivity contribution in [2.45, 2.75) is 33.1 Å². The minimum Gasteiger partial charge on any atom is -0.506 e. The molecule has 2 aromatic heterocycles. The van der Waals surface area contributed by atoms with Gasteiger partial charge in [0.05, 0.1) is 11.4 Å². The van der Waals surface area contributed by atoms with Crippen molar-refractivity contribution in [1.29, 1.82) is 0 Å². The Morgan fingerprint density at radius 2 is 1.16 bits per heavy atom. The number of aromatic amines is 2. The van der Waals surface area contributed by atoms with Gasteiger partial charge in [-0.2, -0.15) is 0 Å². The number of hydrogen-bond donors (Lipinski definition) is 7. The molecule has 0 unspecified atom stereocenters. The summed E-state index contributed by atoms with van der Waals surface area (Å²) in [5.41, 5.74) is 1.31. The number of carboxylic acids is 2. The van der Waals surface area contributed by atoms with Gasteiger partial charge in [0.2, 0.25) is 0 Å². The first-order valence-corrected chi connectivity index (χ1v) is 16.1.